The van der Waals surface area contributed by atoms with Crippen LogP contribution >= 0.6 is 0 Å². The van der Waals surface area contributed by atoms with E-state index in [0.29, 0.717) is 17.2 Å². The van der Waals surface area contributed by atoms with Crippen molar-refractivity contribution in [2.75, 3.05) is 0 Å². The average molecular weight is 310 g/mol. The maximum absolute atomic E-state index is 11.9. The molecule has 1 aliphatic rings. The zero-order chi connectivity index (χ0) is 15.9. The molecule has 1 fully saturated rings. The molecule has 2 aromatic heterocycles. The van der Waals surface area contributed by atoms with Crippen LogP contribution < -0.4 is 5.73 Å². The molecule has 3 aromatic rings. The Morgan fingerprint density at radius 2 is 2.00 bits per heavy atom. The van der Waals surface area contributed by atoms with Crippen LogP contribution in [0, 0.1) is 0 Å². The highest BCUT2D eigenvalue weighted by Gasteiger charge is 2.50. The smallest absolute Gasteiger partial charge is 0.271 e. The average Bonchev–Trinajstić information content (AvgIpc) is 3.17. The van der Waals surface area contributed by atoms with Gasteiger partial charge in [-0.3, -0.25) is 4.79 Å². The Bertz CT molecular complexity index is 836. The highest BCUT2D eigenvalue weighted by molar-refractivity contribution is 5.94. The third kappa shape index (κ3) is 1.97. The SMILES string of the molecule is NC(=O)c1noc(-c2ccccc2)c1C1(c2nnco2)CCC1. The topological polar surface area (TPSA) is 108 Å². The van der Waals surface area contributed by atoms with Crippen molar-refractivity contribution in [3.63, 3.8) is 0 Å². The van der Waals surface area contributed by atoms with Gasteiger partial charge >= 0.3 is 0 Å². The molecule has 2 heterocycles. The second-order valence-corrected chi connectivity index (χ2v) is 5.65. The van der Waals surface area contributed by atoms with E-state index in [1.807, 2.05) is 30.3 Å². The zero-order valence-corrected chi connectivity index (χ0v) is 12.2. The van der Waals surface area contributed by atoms with Crippen molar-refractivity contribution in [1.29, 1.82) is 0 Å². The summed E-state index contributed by atoms with van der Waals surface area (Å²) in [6.07, 6.45) is 3.82. The van der Waals surface area contributed by atoms with Crippen molar-refractivity contribution in [2.45, 2.75) is 24.7 Å². The molecule has 2 N–H and O–H groups in total. The maximum Gasteiger partial charge on any atom is 0.271 e. The van der Waals surface area contributed by atoms with Crippen LogP contribution in [0.2, 0.25) is 0 Å². The minimum Gasteiger partial charge on any atom is -0.427 e. The largest absolute Gasteiger partial charge is 0.427 e. The number of hydrogen-bond acceptors (Lipinski definition) is 6. The lowest BCUT2D eigenvalue weighted by Crippen LogP contribution is -2.38. The maximum atomic E-state index is 11.9. The van der Waals surface area contributed by atoms with Crippen LogP contribution in [0.5, 0.6) is 0 Å². The first-order valence-corrected chi connectivity index (χ1v) is 7.34. The van der Waals surface area contributed by atoms with E-state index in [1.54, 1.807) is 0 Å². The fraction of sp³-hybridized carbons (Fsp3) is 0.250. The third-order valence-corrected chi connectivity index (χ3v) is 4.42. The Morgan fingerprint density at radius 1 is 1.22 bits per heavy atom. The van der Waals surface area contributed by atoms with Crippen LogP contribution in [-0.2, 0) is 5.41 Å². The number of benzene rings is 1. The number of carbonyl (C=O) groups excluding carboxylic acids is 1. The number of nitrogens with zero attached hydrogens (tertiary/aromatic N) is 3. The Balaban J connectivity index is 1.96. The standard InChI is InChI=1S/C16H14N4O3/c17-14(21)12-11(13(23-20-12)10-5-2-1-3-6-10)16(7-4-8-16)15-19-18-9-22-15/h1-3,5-6,9H,4,7-8H2,(H2,17,21). The third-order valence-electron chi connectivity index (χ3n) is 4.42. The van der Waals surface area contributed by atoms with Gasteiger partial charge in [0.25, 0.3) is 5.91 Å². The van der Waals surface area contributed by atoms with Crippen LogP contribution in [0.3, 0.4) is 0 Å². The number of primary amides is 1. The molecule has 7 heteroatoms. The van der Waals surface area contributed by atoms with Gasteiger partial charge in [0, 0.05) is 11.1 Å². The molecule has 1 aromatic carbocycles. The zero-order valence-electron chi connectivity index (χ0n) is 12.2. The summed E-state index contributed by atoms with van der Waals surface area (Å²) in [6, 6.07) is 9.49. The van der Waals surface area contributed by atoms with E-state index in [4.69, 9.17) is 14.7 Å². The number of rotatable bonds is 4. The summed E-state index contributed by atoms with van der Waals surface area (Å²) in [5.74, 6) is 0.362. The summed E-state index contributed by atoms with van der Waals surface area (Å²) < 4.78 is 10.9. The van der Waals surface area contributed by atoms with E-state index >= 15 is 0 Å². The van der Waals surface area contributed by atoms with Crippen molar-refractivity contribution in [3.8, 4) is 11.3 Å². The first-order chi connectivity index (χ1) is 11.2. The van der Waals surface area contributed by atoms with Gasteiger partial charge in [0.1, 0.15) is 0 Å². The number of hydrogen-bond donors (Lipinski definition) is 1. The summed E-state index contributed by atoms with van der Waals surface area (Å²) in [7, 11) is 0. The molecule has 0 saturated heterocycles. The van der Waals surface area contributed by atoms with Crippen LogP contribution in [0.15, 0.2) is 45.7 Å². The summed E-state index contributed by atoms with van der Waals surface area (Å²) in [6.45, 7) is 0. The van der Waals surface area contributed by atoms with Crippen molar-refractivity contribution >= 4 is 5.91 Å². The molecule has 4 rings (SSSR count). The molecule has 23 heavy (non-hydrogen) atoms. The Labute approximate surface area is 131 Å². The second-order valence-electron chi connectivity index (χ2n) is 5.65. The molecule has 0 bridgehead atoms. The predicted octanol–water partition coefficient (Wildman–Crippen LogP) is 2.29. The summed E-state index contributed by atoms with van der Waals surface area (Å²) in [5, 5.41) is 11.7. The molecule has 0 spiro atoms. The van der Waals surface area contributed by atoms with Gasteiger partial charge in [-0.05, 0) is 12.8 Å². The number of aromatic nitrogens is 3. The predicted molar refractivity (Wildman–Crippen MR) is 79.4 cm³/mol. The van der Waals surface area contributed by atoms with Gasteiger partial charge in [0.15, 0.2) is 11.5 Å². The van der Waals surface area contributed by atoms with Gasteiger partial charge in [-0.1, -0.05) is 41.9 Å². The highest BCUT2D eigenvalue weighted by atomic mass is 16.5. The van der Waals surface area contributed by atoms with E-state index < -0.39 is 11.3 Å². The van der Waals surface area contributed by atoms with E-state index in [0.717, 1.165) is 24.8 Å². The van der Waals surface area contributed by atoms with E-state index in [2.05, 4.69) is 15.4 Å². The first-order valence-electron chi connectivity index (χ1n) is 7.34. The lowest BCUT2D eigenvalue weighted by atomic mass is 9.63. The van der Waals surface area contributed by atoms with Gasteiger partial charge in [-0.25, -0.2) is 0 Å². The van der Waals surface area contributed by atoms with Gasteiger partial charge < -0.3 is 14.7 Å². The van der Waals surface area contributed by atoms with Gasteiger partial charge in [-0.15, -0.1) is 10.2 Å². The Morgan fingerprint density at radius 3 is 2.57 bits per heavy atom. The van der Waals surface area contributed by atoms with E-state index in [1.165, 1.54) is 6.39 Å². The van der Waals surface area contributed by atoms with Gasteiger partial charge in [0.2, 0.25) is 12.3 Å². The molecular weight excluding hydrogens is 296 g/mol. The number of carbonyl (C=O) groups is 1. The van der Waals surface area contributed by atoms with Crippen molar-refractivity contribution in [3.05, 3.63) is 53.9 Å². The van der Waals surface area contributed by atoms with E-state index in [-0.39, 0.29) is 5.69 Å². The van der Waals surface area contributed by atoms with Crippen LogP contribution in [-0.4, -0.2) is 21.3 Å². The second kappa shape index (κ2) is 5.05. The summed E-state index contributed by atoms with van der Waals surface area (Å²) in [5.41, 5.74) is 6.54. The molecule has 1 aliphatic carbocycles. The lowest BCUT2D eigenvalue weighted by Gasteiger charge is -2.38. The molecule has 0 aliphatic heterocycles. The van der Waals surface area contributed by atoms with Crippen LogP contribution in [0.1, 0.15) is 41.2 Å². The molecule has 1 amide bonds. The van der Waals surface area contributed by atoms with Crippen LogP contribution in [0.4, 0.5) is 0 Å². The fourth-order valence-electron chi connectivity index (χ4n) is 3.17. The summed E-state index contributed by atoms with van der Waals surface area (Å²) in [4.78, 5) is 11.9. The molecule has 1 saturated carbocycles. The molecular formula is C16H14N4O3. The molecule has 116 valence electrons. The Kier molecular flexibility index (Phi) is 3.00. The minimum atomic E-state index is -0.628. The van der Waals surface area contributed by atoms with Crippen molar-refractivity contribution in [2.24, 2.45) is 5.73 Å². The Hall–Kier alpha value is -2.96. The highest BCUT2D eigenvalue weighted by Crippen LogP contribution is 2.52. The number of nitrogens with two attached hydrogens (primary N) is 1. The van der Waals surface area contributed by atoms with Crippen molar-refractivity contribution in [1.82, 2.24) is 15.4 Å². The monoisotopic (exact) mass is 310 g/mol. The molecule has 0 radical (unpaired) electrons. The van der Waals surface area contributed by atoms with Crippen molar-refractivity contribution < 1.29 is 13.7 Å². The normalized spacial score (nSPS) is 16.0. The first kappa shape index (κ1) is 13.7. The quantitative estimate of drug-likeness (QED) is 0.792. The fourth-order valence-corrected chi connectivity index (χ4v) is 3.17. The van der Waals surface area contributed by atoms with Gasteiger partial charge in [0.05, 0.1) is 5.41 Å². The minimum absolute atomic E-state index is 0.127. The van der Waals surface area contributed by atoms with Crippen LogP contribution in [0.25, 0.3) is 11.3 Å². The molecule has 0 unspecified atom stereocenters. The van der Waals surface area contributed by atoms with Gasteiger partial charge in [-0.2, -0.15) is 0 Å². The summed E-state index contributed by atoms with van der Waals surface area (Å²) >= 11 is 0. The molecule has 0 atom stereocenters. The van der Waals surface area contributed by atoms with E-state index in [9.17, 15) is 4.79 Å². The lowest BCUT2D eigenvalue weighted by molar-refractivity contribution is 0.0988. The molecule has 7 nitrogen and oxygen atoms in total. The number of amides is 1.